The average molecular weight is 476 g/mol. The molecule has 2 heterocycles. The van der Waals surface area contributed by atoms with Crippen molar-refractivity contribution in [3.05, 3.63) is 90.3 Å². The van der Waals surface area contributed by atoms with Crippen LogP contribution in [0.15, 0.2) is 67.5 Å². The molecule has 0 spiro atoms. The van der Waals surface area contributed by atoms with Crippen LogP contribution >= 0.6 is 0 Å². The van der Waals surface area contributed by atoms with Gasteiger partial charge in [0.1, 0.15) is 11.6 Å². The number of anilines is 3. The highest BCUT2D eigenvalue weighted by molar-refractivity contribution is 5.73. The van der Waals surface area contributed by atoms with Crippen LogP contribution < -0.4 is 11.1 Å². The van der Waals surface area contributed by atoms with E-state index in [1.165, 1.54) is 6.07 Å². The van der Waals surface area contributed by atoms with Gasteiger partial charge in [-0.2, -0.15) is 5.10 Å². The van der Waals surface area contributed by atoms with Crippen molar-refractivity contribution in [2.24, 2.45) is 7.05 Å². The van der Waals surface area contributed by atoms with Crippen LogP contribution in [-0.4, -0.2) is 31.7 Å². The van der Waals surface area contributed by atoms with E-state index in [9.17, 15) is 4.39 Å². The Bertz CT molecular complexity index is 1230. The number of hydrogen-bond donors (Lipinski definition) is 2. The zero-order valence-corrected chi connectivity index (χ0v) is 21.0. The fourth-order valence-corrected chi connectivity index (χ4v) is 3.77. The van der Waals surface area contributed by atoms with Crippen molar-refractivity contribution in [1.29, 1.82) is 0 Å². The third kappa shape index (κ3) is 6.35. The van der Waals surface area contributed by atoms with E-state index >= 15 is 0 Å². The highest BCUT2D eigenvalue weighted by atomic mass is 19.1. The van der Waals surface area contributed by atoms with E-state index in [0.717, 1.165) is 34.8 Å². The maximum Gasteiger partial charge on any atom is 0.228 e. The van der Waals surface area contributed by atoms with Gasteiger partial charge in [-0.1, -0.05) is 45.6 Å². The molecule has 0 aliphatic heterocycles. The summed E-state index contributed by atoms with van der Waals surface area (Å²) in [4.78, 5) is 11.1. The molecule has 7 nitrogen and oxygen atoms in total. The van der Waals surface area contributed by atoms with Gasteiger partial charge in [0.15, 0.2) is 0 Å². The molecular formula is C27H34FN7. The standard InChI is InChI=1S/C27H34FN7/c1-7-9-19(13-15-34(5)25(8-2)20-10-11-21(28)22(29)16-20)23-12-14-30-27(31-23)32-26-17-24(18(3)4)33-35(26)6/h7,9-18,25H,1,8,29H2,2-6H3,(H,30,31,32)/b15-13-,19-9+. The van der Waals surface area contributed by atoms with Crippen molar-refractivity contribution in [2.45, 2.75) is 39.2 Å². The van der Waals surface area contributed by atoms with E-state index < -0.39 is 5.82 Å². The van der Waals surface area contributed by atoms with Crippen molar-refractivity contribution in [1.82, 2.24) is 24.6 Å². The van der Waals surface area contributed by atoms with Crippen LogP contribution in [0.2, 0.25) is 0 Å². The average Bonchev–Trinajstić information content (AvgIpc) is 3.20. The molecule has 0 aliphatic carbocycles. The Hall–Kier alpha value is -3.94. The van der Waals surface area contributed by atoms with Gasteiger partial charge in [-0.15, -0.1) is 0 Å². The SMILES string of the molecule is C=C/C=C(\C=C/N(C)C(CC)c1ccc(F)c(N)c1)c1ccnc(Nc2cc(C(C)C)nn2C)n1. The Labute approximate surface area is 206 Å². The van der Waals surface area contributed by atoms with Gasteiger partial charge < -0.3 is 16.0 Å². The van der Waals surface area contributed by atoms with Crippen LogP contribution in [0.1, 0.15) is 56.1 Å². The van der Waals surface area contributed by atoms with Crippen molar-refractivity contribution < 1.29 is 4.39 Å². The summed E-state index contributed by atoms with van der Waals surface area (Å²) in [5.41, 5.74) is 9.52. The Balaban J connectivity index is 1.82. The first-order chi connectivity index (χ1) is 16.7. The van der Waals surface area contributed by atoms with E-state index in [2.05, 4.69) is 47.6 Å². The van der Waals surface area contributed by atoms with Gasteiger partial charge in [0.25, 0.3) is 0 Å². The van der Waals surface area contributed by atoms with Gasteiger partial charge in [-0.25, -0.2) is 14.4 Å². The number of nitrogen functional groups attached to an aromatic ring is 1. The van der Waals surface area contributed by atoms with Gasteiger partial charge in [0.2, 0.25) is 5.95 Å². The van der Waals surface area contributed by atoms with Crippen molar-refractivity contribution in [3.8, 4) is 0 Å². The summed E-state index contributed by atoms with van der Waals surface area (Å²) >= 11 is 0. The van der Waals surface area contributed by atoms with Gasteiger partial charge in [-0.3, -0.25) is 4.68 Å². The topological polar surface area (TPSA) is 84.9 Å². The lowest BCUT2D eigenvalue weighted by Gasteiger charge is -2.26. The summed E-state index contributed by atoms with van der Waals surface area (Å²) in [5, 5.41) is 7.79. The molecule has 0 saturated carbocycles. The zero-order valence-electron chi connectivity index (χ0n) is 21.0. The minimum atomic E-state index is -0.405. The van der Waals surface area contributed by atoms with E-state index in [4.69, 9.17) is 10.7 Å². The van der Waals surface area contributed by atoms with Crippen molar-refractivity contribution >= 4 is 23.0 Å². The maximum atomic E-state index is 13.6. The molecule has 184 valence electrons. The summed E-state index contributed by atoms with van der Waals surface area (Å²) in [6.45, 7) is 10.1. The number of aromatic nitrogens is 4. The molecule has 3 rings (SSSR count). The lowest BCUT2D eigenvalue weighted by atomic mass is 10.0. The van der Waals surface area contributed by atoms with E-state index in [0.29, 0.717) is 11.9 Å². The molecule has 0 radical (unpaired) electrons. The lowest BCUT2D eigenvalue weighted by Crippen LogP contribution is -2.18. The smallest absolute Gasteiger partial charge is 0.228 e. The predicted molar refractivity (Wildman–Crippen MR) is 142 cm³/mol. The molecule has 3 N–H and O–H groups in total. The van der Waals surface area contributed by atoms with Crippen LogP contribution in [0.5, 0.6) is 0 Å². The summed E-state index contributed by atoms with van der Waals surface area (Å²) < 4.78 is 15.4. The largest absolute Gasteiger partial charge is 0.396 e. The van der Waals surface area contributed by atoms with Crippen molar-refractivity contribution in [3.63, 3.8) is 0 Å². The summed E-state index contributed by atoms with van der Waals surface area (Å²) in [6, 6.07) is 8.78. The van der Waals surface area contributed by atoms with Crippen LogP contribution in [0.25, 0.3) is 5.57 Å². The Morgan fingerprint density at radius 1 is 1.29 bits per heavy atom. The first kappa shape index (κ1) is 25.7. The number of benzene rings is 1. The van der Waals surface area contributed by atoms with Gasteiger partial charge >= 0.3 is 0 Å². The number of aryl methyl sites for hydroxylation is 1. The number of halogens is 1. The zero-order chi connectivity index (χ0) is 25.5. The second-order valence-electron chi connectivity index (χ2n) is 8.67. The number of nitrogens with zero attached hydrogens (tertiary/aromatic N) is 5. The lowest BCUT2D eigenvalue weighted by molar-refractivity contribution is 0.328. The number of hydrogen-bond acceptors (Lipinski definition) is 6. The van der Waals surface area contributed by atoms with E-state index in [-0.39, 0.29) is 11.7 Å². The summed E-state index contributed by atoms with van der Waals surface area (Å²) in [7, 11) is 3.87. The number of nitrogens with one attached hydrogen (secondary N) is 1. The van der Waals surface area contributed by atoms with Crippen molar-refractivity contribution in [2.75, 3.05) is 18.1 Å². The Kier molecular flexibility index (Phi) is 8.41. The molecule has 0 amide bonds. The van der Waals surface area contributed by atoms with Gasteiger partial charge in [0.05, 0.1) is 23.1 Å². The quantitative estimate of drug-likeness (QED) is 0.278. The molecule has 0 bridgehead atoms. The first-order valence-corrected chi connectivity index (χ1v) is 11.7. The molecule has 8 heteroatoms. The Morgan fingerprint density at radius 2 is 2.06 bits per heavy atom. The monoisotopic (exact) mass is 475 g/mol. The maximum absolute atomic E-state index is 13.6. The van der Waals surface area contributed by atoms with Crippen LogP contribution in [-0.2, 0) is 7.05 Å². The molecular weight excluding hydrogens is 441 g/mol. The second-order valence-corrected chi connectivity index (χ2v) is 8.67. The summed E-state index contributed by atoms with van der Waals surface area (Å²) in [6.07, 6.45) is 10.1. The number of nitrogens with two attached hydrogens (primary N) is 1. The molecule has 1 aromatic carbocycles. The molecule has 2 aromatic heterocycles. The Morgan fingerprint density at radius 3 is 2.69 bits per heavy atom. The third-order valence-electron chi connectivity index (χ3n) is 5.75. The minimum absolute atomic E-state index is 0.0433. The first-order valence-electron chi connectivity index (χ1n) is 11.7. The fraction of sp³-hybridized carbons (Fsp3) is 0.296. The summed E-state index contributed by atoms with van der Waals surface area (Å²) in [5.74, 6) is 1.22. The fourth-order valence-electron chi connectivity index (χ4n) is 3.77. The second kappa shape index (κ2) is 11.5. The normalized spacial score (nSPS) is 12.8. The van der Waals surface area contributed by atoms with Crippen LogP contribution in [0, 0.1) is 5.82 Å². The van der Waals surface area contributed by atoms with Gasteiger partial charge in [0, 0.05) is 31.9 Å². The molecule has 35 heavy (non-hydrogen) atoms. The highest BCUT2D eigenvalue weighted by Crippen LogP contribution is 2.27. The van der Waals surface area contributed by atoms with E-state index in [1.807, 2.05) is 44.6 Å². The number of rotatable bonds is 10. The molecule has 1 unspecified atom stereocenters. The highest BCUT2D eigenvalue weighted by Gasteiger charge is 2.15. The predicted octanol–water partition coefficient (Wildman–Crippen LogP) is 5.96. The molecule has 0 aliphatic rings. The van der Waals surface area contributed by atoms with Crippen LogP contribution in [0.4, 0.5) is 21.8 Å². The van der Waals surface area contributed by atoms with Gasteiger partial charge in [-0.05, 0) is 48.4 Å². The molecule has 0 saturated heterocycles. The van der Waals surface area contributed by atoms with E-state index in [1.54, 1.807) is 29.1 Å². The third-order valence-corrected chi connectivity index (χ3v) is 5.75. The van der Waals surface area contributed by atoms with Crippen LogP contribution in [0.3, 0.4) is 0 Å². The molecule has 3 aromatic rings. The number of allylic oxidation sites excluding steroid dienone is 4. The molecule has 0 fully saturated rings. The molecule has 1 atom stereocenters. The minimum Gasteiger partial charge on any atom is -0.396 e.